The quantitative estimate of drug-likeness (QED) is 0.351. The van der Waals surface area contributed by atoms with Crippen molar-refractivity contribution in [1.29, 1.82) is 0 Å². The number of ether oxygens (including phenoxy) is 6. The number of carbonyl (C=O) groups is 1. The van der Waals surface area contributed by atoms with Crippen LogP contribution in [0.5, 0.6) is 0 Å². The van der Waals surface area contributed by atoms with Crippen LogP contribution in [0.15, 0.2) is 24.3 Å². The van der Waals surface area contributed by atoms with E-state index in [1.165, 1.54) is 30.7 Å². The lowest BCUT2D eigenvalue weighted by Crippen LogP contribution is -2.46. The standard InChI is InChI=1S/C25H31NO9/c27-22(16-7-9-17(10-8-16)26(28)29)31-20-19(18-15-30-24(33-18)11-3-1-4-12-24)32-23-21(20)34-25(35-23)13-5-2-6-14-25/h7-10,18-21,23H,1-6,11-15H2/t18-,19+,20-,21+,23-/m0/s1. The average Bonchev–Trinajstić information content (AvgIpc) is 3.52. The monoisotopic (exact) mass is 489 g/mol. The molecule has 3 aliphatic heterocycles. The van der Waals surface area contributed by atoms with Gasteiger partial charge in [0.05, 0.1) is 17.1 Å². The van der Waals surface area contributed by atoms with Crippen molar-refractivity contribution in [3.63, 3.8) is 0 Å². The maximum atomic E-state index is 13.1. The van der Waals surface area contributed by atoms with Gasteiger partial charge in [0.2, 0.25) is 0 Å². The van der Waals surface area contributed by atoms with Crippen molar-refractivity contribution in [3.8, 4) is 0 Å². The van der Waals surface area contributed by atoms with E-state index in [1.54, 1.807) is 0 Å². The maximum Gasteiger partial charge on any atom is 0.338 e. The van der Waals surface area contributed by atoms with Crippen LogP contribution in [0.25, 0.3) is 0 Å². The average molecular weight is 490 g/mol. The first kappa shape index (κ1) is 23.3. The molecule has 6 rings (SSSR count). The molecule has 0 radical (unpaired) electrons. The smallest absolute Gasteiger partial charge is 0.338 e. The highest BCUT2D eigenvalue weighted by molar-refractivity contribution is 5.89. The summed E-state index contributed by atoms with van der Waals surface area (Å²) in [5.41, 5.74) is 0.126. The third-order valence-electron chi connectivity index (χ3n) is 7.92. The van der Waals surface area contributed by atoms with Gasteiger partial charge >= 0.3 is 5.97 Å². The number of carbonyl (C=O) groups excluding carboxylic acids is 1. The first-order valence-corrected chi connectivity index (χ1v) is 12.7. The number of benzene rings is 1. The van der Waals surface area contributed by atoms with Gasteiger partial charge in [-0.2, -0.15) is 0 Å². The molecule has 3 saturated heterocycles. The minimum atomic E-state index is -0.753. The number of hydrogen-bond acceptors (Lipinski definition) is 9. The zero-order valence-corrected chi connectivity index (χ0v) is 19.6. The fourth-order valence-corrected chi connectivity index (χ4v) is 6.12. The van der Waals surface area contributed by atoms with Crippen LogP contribution in [-0.4, -0.2) is 59.8 Å². The molecule has 5 aliphatic rings. The molecule has 0 N–H and O–H groups in total. The molecule has 5 fully saturated rings. The van der Waals surface area contributed by atoms with Crippen LogP contribution in [0.1, 0.15) is 74.6 Å². The van der Waals surface area contributed by atoms with Crippen molar-refractivity contribution in [2.45, 2.75) is 106 Å². The second-order valence-electron chi connectivity index (χ2n) is 10.3. The minimum Gasteiger partial charge on any atom is -0.453 e. The Kier molecular flexibility index (Phi) is 6.04. The maximum absolute atomic E-state index is 13.1. The number of rotatable bonds is 4. The van der Waals surface area contributed by atoms with E-state index in [-0.39, 0.29) is 11.3 Å². The fourth-order valence-electron chi connectivity index (χ4n) is 6.12. The Hall–Kier alpha value is -2.11. The molecule has 2 saturated carbocycles. The van der Waals surface area contributed by atoms with Crippen LogP contribution in [0.3, 0.4) is 0 Å². The third kappa shape index (κ3) is 4.35. The van der Waals surface area contributed by atoms with Gasteiger partial charge in [0.25, 0.3) is 5.69 Å². The number of non-ortho nitro benzene ring substituents is 1. The first-order valence-electron chi connectivity index (χ1n) is 12.7. The van der Waals surface area contributed by atoms with Crippen LogP contribution in [0, 0.1) is 10.1 Å². The summed E-state index contributed by atoms with van der Waals surface area (Å²) in [4.78, 5) is 23.5. The number of fused-ring (bicyclic) bond motifs is 1. The lowest BCUT2D eigenvalue weighted by atomic mass is 9.94. The molecule has 0 aromatic heterocycles. The van der Waals surface area contributed by atoms with Crippen LogP contribution in [0.2, 0.25) is 0 Å². The Morgan fingerprint density at radius 3 is 2.20 bits per heavy atom. The van der Waals surface area contributed by atoms with Gasteiger partial charge < -0.3 is 28.4 Å². The van der Waals surface area contributed by atoms with Crippen LogP contribution >= 0.6 is 0 Å². The number of hydrogen-bond donors (Lipinski definition) is 0. The van der Waals surface area contributed by atoms with Crippen molar-refractivity contribution in [1.82, 2.24) is 0 Å². The molecule has 5 atom stereocenters. The van der Waals surface area contributed by atoms with Crippen molar-refractivity contribution in [2.75, 3.05) is 6.61 Å². The zero-order valence-electron chi connectivity index (χ0n) is 19.6. The van der Waals surface area contributed by atoms with Crippen LogP contribution in [-0.2, 0) is 28.4 Å². The van der Waals surface area contributed by atoms with E-state index in [2.05, 4.69) is 0 Å². The van der Waals surface area contributed by atoms with E-state index in [4.69, 9.17) is 28.4 Å². The lowest BCUT2D eigenvalue weighted by Gasteiger charge is -2.35. The van der Waals surface area contributed by atoms with Crippen LogP contribution < -0.4 is 0 Å². The Morgan fingerprint density at radius 2 is 1.54 bits per heavy atom. The summed E-state index contributed by atoms with van der Waals surface area (Å²) in [5, 5.41) is 11.0. The van der Waals surface area contributed by atoms with Gasteiger partial charge in [-0.25, -0.2) is 4.79 Å². The van der Waals surface area contributed by atoms with Gasteiger partial charge in [0, 0.05) is 37.8 Å². The van der Waals surface area contributed by atoms with Crippen molar-refractivity contribution in [2.24, 2.45) is 0 Å². The lowest BCUT2D eigenvalue weighted by molar-refractivity contribution is -0.384. The number of esters is 1. The summed E-state index contributed by atoms with van der Waals surface area (Å²) in [5.74, 6) is -1.89. The number of nitrogens with zero attached hydrogens (tertiary/aromatic N) is 1. The van der Waals surface area contributed by atoms with E-state index in [1.807, 2.05) is 0 Å². The van der Waals surface area contributed by atoms with E-state index in [0.717, 1.165) is 57.8 Å². The predicted octanol–water partition coefficient (Wildman–Crippen LogP) is 4.00. The second-order valence-corrected chi connectivity index (χ2v) is 10.3. The molecule has 190 valence electrons. The Labute approximate surface area is 203 Å². The minimum absolute atomic E-state index is 0.0928. The first-order chi connectivity index (χ1) is 17.0. The van der Waals surface area contributed by atoms with Gasteiger partial charge in [0.1, 0.15) is 12.2 Å². The Morgan fingerprint density at radius 1 is 0.886 bits per heavy atom. The van der Waals surface area contributed by atoms with Crippen molar-refractivity contribution >= 4 is 11.7 Å². The van der Waals surface area contributed by atoms with Gasteiger partial charge in [-0.3, -0.25) is 10.1 Å². The largest absolute Gasteiger partial charge is 0.453 e. The molecule has 2 aliphatic carbocycles. The summed E-state index contributed by atoms with van der Waals surface area (Å²) >= 11 is 0. The summed E-state index contributed by atoms with van der Waals surface area (Å²) in [6.45, 7) is 0.348. The van der Waals surface area contributed by atoms with E-state index in [9.17, 15) is 14.9 Å². The van der Waals surface area contributed by atoms with Gasteiger partial charge in [-0.05, 0) is 37.8 Å². The van der Waals surface area contributed by atoms with Gasteiger partial charge in [0.15, 0.2) is 30.1 Å². The van der Waals surface area contributed by atoms with Crippen LogP contribution in [0.4, 0.5) is 5.69 Å². The van der Waals surface area contributed by atoms with Gasteiger partial charge in [-0.1, -0.05) is 12.8 Å². The number of nitro benzene ring substituents is 1. The highest BCUT2D eigenvalue weighted by Gasteiger charge is 2.62. The van der Waals surface area contributed by atoms with Crippen molar-refractivity contribution < 1.29 is 38.1 Å². The molecule has 0 unspecified atom stereocenters. The Balaban J connectivity index is 1.22. The van der Waals surface area contributed by atoms with Gasteiger partial charge in [-0.15, -0.1) is 0 Å². The highest BCUT2D eigenvalue weighted by Crippen LogP contribution is 2.48. The van der Waals surface area contributed by atoms with E-state index >= 15 is 0 Å². The molecule has 0 bridgehead atoms. The summed E-state index contributed by atoms with van der Waals surface area (Å²) in [6, 6.07) is 5.36. The molecular weight excluding hydrogens is 458 g/mol. The Bertz CT molecular complexity index is 954. The third-order valence-corrected chi connectivity index (χ3v) is 7.92. The number of nitro groups is 1. The summed E-state index contributed by atoms with van der Waals surface area (Å²) < 4.78 is 37.5. The normalized spacial score (nSPS) is 35.3. The van der Waals surface area contributed by atoms with Crippen molar-refractivity contribution in [3.05, 3.63) is 39.9 Å². The molecule has 0 amide bonds. The fraction of sp³-hybridized carbons (Fsp3) is 0.720. The topological polar surface area (TPSA) is 116 Å². The molecule has 3 heterocycles. The predicted molar refractivity (Wildman–Crippen MR) is 119 cm³/mol. The highest BCUT2D eigenvalue weighted by atomic mass is 16.9. The zero-order chi connectivity index (χ0) is 24.0. The molecule has 10 heteroatoms. The molecular formula is C25H31NO9. The molecule has 35 heavy (non-hydrogen) atoms. The molecule has 1 aromatic carbocycles. The molecule has 10 nitrogen and oxygen atoms in total. The van der Waals surface area contributed by atoms with E-state index in [0.29, 0.717) is 6.61 Å². The summed E-state index contributed by atoms with van der Waals surface area (Å²) in [6.07, 6.45) is 6.68. The van der Waals surface area contributed by atoms with E-state index < -0.39 is 53.2 Å². The molecule has 1 aromatic rings. The molecule has 2 spiro atoms. The summed E-state index contributed by atoms with van der Waals surface area (Å²) in [7, 11) is 0. The SMILES string of the molecule is O=C(O[C@@H]1[C@H]2OC3(CCCCC3)O[C@@H]2O[C@@H]1[C@@H]1COC2(CCCCC2)O1)c1ccc([N+](=O)[O-])cc1. The second kappa shape index (κ2) is 9.08.